The van der Waals surface area contributed by atoms with Crippen molar-refractivity contribution in [2.75, 3.05) is 13.1 Å². The van der Waals surface area contributed by atoms with Gasteiger partial charge in [-0.05, 0) is 45.7 Å². The maximum atomic E-state index is 13.5. The lowest BCUT2D eigenvalue weighted by Gasteiger charge is -2.28. The van der Waals surface area contributed by atoms with E-state index in [2.05, 4.69) is 4.98 Å². The van der Waals surface area contributed by atoms with Gasteiger partial charge in [-0.3, -0.25) is 4.98 Å². The SMILES string of the molecule is CC(C)(C)OC(=O)N1CC[C@H]2[C@@H]1CCN2S(=O)(=O)c1cccc2cnccc12. The summed E-state index contributed by atoms with van der Waals surface area (Å²) in [5, 5.41) is 1.46. The molecular weight excluding hydrogens is 378 g/mol. The normalized spacial score (nSPS) is 23.2. The molecule has 0 saturated carbocycles. The Labute approximate surface area is 165 Å². The zero-order chi connectivity index (χ0) is 20.1. The predicted molar refractivity (Wildman–Crippen MR) is 105 cm³/mol. The monoisotopic (exact) mass is 403 g/mol. The van der Waals surface area contributed by atoms with Crippen LogP contribution in [0.5, 0.6) is 0 Å². The third kappa shape index (κ3) is 3.24. The molecule has 1 amide bonds. The van der Waals surface area contributed by atoms with Crippen molar-refractivity contribution in [3.8, 4) is 0 Å². The van der Waals surface area contributed by atoms with E-state index in [1.54, 1.807) is 39.8 Å². The van der Waals surface area contributed by atoms with Gasteiger partial charge < -0.3 is 9.64 Å². The number of aromatic nitrogens is 1. The summed E-state index contributed by atoms with van der Waals surface area (Å²) in [6, 6.07) is 6.62. The Morgan fingerprint density at radius 2 is 1.89 bits per heavy atom. The van der Waals surface area contributed by atoms with Gasteiger partial charge >= 0.3 is 6.09 Å². The topological polar surface area (TPSA) is 79.8 Å². The molecule has 2 aromatic rings. The van der Waals surface area contributed by atoms with E-state index in [-0.39, 0.29) is 18.2 Å². The number of hydrogen-bond donors (Lipinski definition) is 0. The second-order valence-corrected chi connectivity index (χ2v) is 10.2. The Morgan fingerprint density at radius 1 is 1.14 bits per heavy atom. The minimum Gasteiger partial charge on any atom is -0.444 e. The van der Waals surface area contributed by atoms with E-state index in [0.29, 0.717) is 36.2 Å². The number of fused-ring (bicyclic) bond motifs is 2. The third-order valence-electron chi connectivity index (χ3n) is 5.38. The van der Waals surface area contributed by atoms with Crippen molar-refractivity contribution < 1.29 is 17.9 Å². The van der Waals surface area contributed by atoms with Gasteiger partial charge in [0.05, 0.1) is 10.9 Å². The van der Waals surface area contributed by atoms with Crippen LogP contribution in [0.1, 0.15) is 33.6 Å². The highest BCUT2D eigenvalue weighted by molar-refractivity contribution is 7.89. The summed E-state index contributed by atoms with van der Waals surface area (Å²) in [6.45, 7) is 6.41. The first kappa shape index (κ1) is 19.1. The summed E-state index contributed by atoms with van der Waals surface area (Å²) in [4.78, 5) is 18.6. The number of likely N-dealkylation sites (tertiary alicyclic amines) is 1. The van der Waals surface area contributed by atoms with Gasteiger partial charge in [-0.1, -0.05) is 12.1 Å². The molecule has 28 heavy (non-hydrogen) atoms. The van der Waals surface area contributed by atoms with E-state index in [4.69, 9.17) is 4.74 Å². The molecule has 8 heteroatoms. The van der Waals surface area contributed by atoms with E-state index >= 15 is 0 Å². The Bertz CT molecular complexity index is 1010. The molecule has 3 heterocycles. The van der Waals surface area contributed by atoms with Crippen molar-refractivity contribution in [2.45, 2.75) is 56.2 Å². The average Bonchev–Trinajstić information content (AvgIpc) is 3.21. The standard InChI is InChI=1S/C20H25N3O4S/c1-20(2,3)27-19(24)22-11-8-17-16(22)9-12-23(17)28(25,26)18-6-4-5-14-13-21-10-7-15(14)18/h4-7,10,13,16-17H,8-9,11-12H2,1-3H3/t16-,17-/m0/s1. The quantitative estimate of drug-likeness (QED) is 0.770. The van der Waals surface area contributed by atoms with E-state index in [9.17, 15) is 13.2 Å². The van der Waals surface area contributed by atoms with Crippen LogP contribution in [0.3, 0.4) is 0 Å². The number of carbonyl (C=O) groups excluding carboxylic acids is 1. The average molecular weight is 404 g/mol. The van der Waals surface area contributed by atoms with Gasteiger partial charge in [-0.25, -0.2) is 13.2 Å². The summed E-state index contributed by atoms with van der Waals surface area (Å²) in [5.74, 6) is 0. The molecular formula is C20H25N3O4S. The van der Waals surface area contributed by atoms with E-state index in [0.717, 1.165) is 5.39 Å². The zero-order valence-corrected chi connectivity index (χ0v) is 17.1. The molecule has 0 bridgehead atoms. The van der Waals surface area contributed by atoms with Crippen molar-refractivity contribution in [3.63, 3.8) is 0 Å². The van der Waals surface area contributed by atoms with Crippen LogP contribution in [-0.4, -0.2) is 59.5 Å². The van der Waals surface area contributed by atoms with Crippen LogP contribution >= 0.6 is 0 Å². The van der Waals surface area contributed by atoms with Crippen molar-refractivity contribution in [1.29, 1.82) is 0 Å². The number of sulfonamides is 1. The number of ether oxygens (including phenoxy) is 1. The minimum atomic E-state index is -3.68. The second-order valence-electron chi connectivity index (χ2n) is 8.35. The lowest BCUT2D eigenvalue weighted by atomic mass is 10.1. The second kappa shape index (κ2) is 6.70. The highest BCUT2D eigenvalue weighted by atomic mass is 32.2. The molecule has 0 radical (unpaired) electrons. The van der Waals surface area contributed by atoms with E-state index < -0.39 is 15.6 Å². The fraction of sp³-hybridized carbons (Fsp3) is 0.500. The Kier molecular flexibility index (Phi) is 4.58. The number of hydrogen-bond acceptors (Lipinski definition) is 5. The number of amides is 1. The van der Waals surface area contributed by atoms with Crippen molar-refractivity contribution in [1.82, 2.24) is 14.2 Å². The molecule has 2 aliphatic heterocycles. The molecule has 2 aliphatic rings. The number of benzene rings is 1. The summed E-state index contributed by atoms with van der Waals surface area (Å²) in [5.41, 5.74) is -0.573. The van der Waals surface area contributed by atoms with E-state index in [1.165, 1.54) is 0 Å². The first-order valence-corrected chi connectivity index (χ1v) is 11.0. The summed E-state index contributed by atoms with van der Waals surface area (Å²) in [7, 11) is -3.68. The van der Waals surface area contributed by atoms with Crippen LogP contribution in [0.25, 0.3) is 10.8 Å². The molecule has 2 atom stereocenters. The highest BCUT2D eigenvalue weighted by Gasteiger charge is 2.49. The summed E-state index contributed by atoms with van der Waals surface area (Å²) < 4.78 is 34.0. The Balaban J connectivity index is 1.62. The molecule has 0 N–H and O–H groups in total. The van der Waals surface area contributed by atoms with Crippen molar-refractivity contribution >= 4 is 26.9 Å². The minimum absolute atomic E-state index is 0.138. The van der Waals surface area contributed by atoms with Crippen LogP contribution in [0.4, 0.5) is 4.79 Å². The molecule has 1 aromatic carbocycles. The molecule has 1 aromatic heterocycles. The Hall–Kier alpha value is -2.19. The van der Waals surface area contributed by atoms with Crippen LogP contribution in [0.2, 0.25) is 0 Å². The predicted octanol–water partition coefficient (Wildman–Crippen LogP) is 3.01. The fourth-order valence-electron chi connectivity index (χ4n) is 4.24. The van der Waals surface area contributed by atoms with Gasteiger partial charge in [-0.15, -0.1) is 0 Å². The van der Waals surface area contributed by atoms with Gasteiger partial charge in [0, 0.05) is 42.3 Å². The molecule has 4 rings (SSSR count). The third-order valence-corrected chi connectivity index (χ3v) is 7.36. The molecule has 7 nitrogen and oxygen atoms in total. The largest absolute Gasteiger partial charge is 0.444 e. The fourth-order valence-corrected chi connectivity index (χ4v) is 6.15. The lowest BCUT2D eigenvalue weighted by molar-refractivity contribution is 0.0225. The smallest absolute Gasteiger partial charge is 0.410 e. The number of nitrogens with zero attached hydrogens (tertiary/aromatic N) is 3. The molecule has 0 unspecified atom stereocenters. The van der Waals surface area contributed by atoms with Crippen molar-refractivity contribution in [3.05, 3.63) is 36.7 Å². The number of rotatable bonds is 2. The highest BCUT2D eigenvalue weighted by Crippen LogP contribution is 2.37. The number of pyridine rings is 1. The van der Waals surface area contributed by atoms with Crippen LogP contribution in [-0.2, 0) is 14.8 Å². The summed E-state index contributed by atoms with van der Waals surface area (Å²) in [6.07, 6.45) is 4.15. The molecule has 150 valence electrons. The van der Waals surface area contributed by atoms with E-state index in [1.807, 2.05) is 26.8 Å². The molecule has 0 aliphatic carbocycles. The van der Waals surface area contributed by atoms with Gasteiger partial charge in [0.25, 0.3) is 0 Å². The molecule has 2 fully saturated rings. The van der Waals surface area contributed by atoms with Crippen LogP contribution in [0.15, 0.2) is 41.6 Å². The Morgan fingerprint density at radius 3 is 2.64 bits per heavy atom. The van der Waals surface area contributed by atoms with Gasteiger partial charge in [0.1, 0.15) is 5.60 Å². The van der Waals surface area contributed by atoms with Crippen LogP contribution < -0.4 is 0 Å². The molecule has 2 saturated heterocycles. The number of carbonyl (C=O) groups is 1. The maximum absolute atomic E-state index is 13.5. The first-order chi connectivity index (χ1) is 13.2. The summed E-state index contributed by atoms with van der Waals surface area (Å²) >= 11 is 0. The lowest BCUT2D eigenvalue weighted by Crippen LogP contribution is -2.43. The van der Waals surface area contributed by atoms with Gasteiger partial charge in [-0.2, -0.15) is 4.31 Å². The maximum Gasteiger partial charge on any atom is 0.410 e. The molecule has 0 spiro atoms. The van der Waals surface area contributed by atoms with Crippen molar-refractivity contribution in [2.24, 2.45) is 0 Å². The van der Waals surface area contributed by atoms with Crippen LogP contribution in [0, 0.1) is 0 Å². The van der Waals surface area contributed by atoms with Gasteiger partial charge in [0.2, 0.25) is 10.0 Å². The van der Waals surface area contributed by atoms with Gasteiger partial charge in [0.15, 0.2) is 0 Å². The first-order valence-electron chi connectivity index (χ1n) is 9.53. The zero-order valence-electron chi connectivity index (χ0n) is 16.3.